The second-order valence-electron chi connectivity index (χ2n) is 8.44. The first-order valence-electron chi connectivity index (χ1n) is 9.14. The van der Waals surface area contributed by atoms with Crippen LogP contribution in [0, 0.1) is 5.92 Å². The number of nitrogens with zero attached hydrogens (tertiary/aromatic N) is 1. The lowest BCUT2D eigenvalue weighted by atomic mass is 9.51. The fourth-order valence-electron chi connectivity index (χ4n) is 6.50. The molecule has 6 atom stereocenters. The van der Waals surface area contributed by atoms with Crippen molar-refractivity contribution in [2.45, 2.75) is 49.3 Å². The molecular weight excluding hydrogens is 302 g/mol. The lowest BCUT2D eigenvalue weighted by Gasteiger charge is -2.61. The Morgan fingerprint density at radius 1 is 1.46 bits per heavy atom. The molecule has 128 valence electrons. The Bertz CT molecular complexity index is 732. The number of piperidine rings is 1. The molecule has 4 heteroatoms. The molecule has 0 radical (unpaired) electrons. The van der Waals surface area contributed by atoms with Crippen molar-refractivity contribution in [3.05, 3.63) is 35.9 Å². The first kappa shape index (κ1) is 14.8. The van der Waals surface area contributed by atoms with Crippen LogP contribution < -0.4 is 9.84 Å². The van der Waals surface area contributed by atoms with E-state index in [4.69, 9.17) is 4.74 Å². The first-order chi connectivity index (χ1) is 11.5. The van der Waals surface area contributed by atoms with Gasteiger partial charge in [-0.05, 0) is 30.5 Å². The summed E-state index contributed by atoms with van der Waals surface area (Å²) < 4.78 is 7.22. The van der Waals surface area contributed by atoms with Gasteiger partial charge in [0.2, 0.25) is 0 Å². The molecule has 0 aromatic heterocycles. The Labute approximate surface area is 142 Å². The van der Waals surface area contributed by atoms with Gasteiger partial charge in [-0.25, -0.2) is 0 Å². The average molecular weight is 327 g/mol. The van der Waals surface area contributed by atoms with Crippen molar-refractivity contribution in [2.75, 3.05) is 20.1 Å². The van der Waals surface area contributed by atoms with Crippen molar-refractivity contribution in [3.63, 3.8) is 0 Å². The molecular formula is C20H25NO3. The Kier molecular flexibility index (Phi) is 2.81. The van der Waals surface area contributed by atoms with Gasteiger partial charge in [0.05, 0.1) is 37.7 Å². The molecule has 4 nitrogen and oxygen atoms in total. The smallest absolute Gasteiger partial charge is 0.135 e. The minimum Gasteiger partial charge on any atom is -0.872 e. The molecule has 2 aliphatic carbocycles. The number of rotatable bonds is 2. The third kappa shape index (κ3) is 1.52. The maximum atomic E-state index is 12.6. The highest BCUT2D eigenvalue weighted by molar-refractivity contribution is 5.58. The second kappa shape index (κ2) is 4.55. The Morgan fingerprint density at radius 2 is 2.29 bits per heavy atom. The van der Waals surface area contributed by atoms with E-state index in [0.29, 0.717) is 12.0 Å². The van der Waals surface area contributed by atoms with Crippen molar-refractivity contribution in [3.8, 4) is 11.5 Å². The summed E-state index contributed by atoms with van der Waals surface area (Å²) >= 11 is 0. The Hall–Kier alpha value is -1.52. The zero-order chi connectivity index (χ0) is 16.7. The number of aliphatic hydroxyl groups is 1. The molecule has 1 spiro atoms. The topological polar surface area (TPSA) is 52.5 Å². The zero-order valence-electron chi connectivity index (χ0n) is 14.2. The van der Waals surface area contributed by atoms with Crippen LogP contribution in [0.1, 0.15) is 30.4 Å². The highest BCUT2D eigenvalue weighted by Gasteiger charge is 2.68. The monoisotopic (exact) mass is 327 g/mol. The van der Waals surface area contributed by atoms with Crippen LogP contribution >= 0.6 is 0 Å². The minimum absolute atomic E-state index is 0.146. The quantitative estimate of drug-likeness (QED) is 0.661. The van der Waals surface area contributed by atoms with E-state index in [2.05, 4.69) is 13.6 Å². The summed E-state index contributed by atoms with van der Waals surface area (Å²) in [7, 11) is 2.31. The summed E-state index contributed by atoms with van der Waals surface area (Å²) in [5.41, 5.74) is 1.97. The van der Waals surface area contributed by atoms with Gasteiger partial charge in [0.25, 0.3) is 0 Å². The molecule has 24 heavy (non-hydrogen) atoms. The normalized spacial score (nSPS) is 44.6. The van der Waals surface area contributed by atoms with E-state index in [0.717, 1.165) is 60.1 Å². The van der Waals surface area contributed by atoms with Crippen molar-refractivity contribution in [1.29, 1.82) is 0 Å². The van der Waals surface area contributed by atoms with Gasteiger partial charge in [0.15, 0.2) is 0 Å². The molecule has 5 rings (SSSR count). The van der Waals surface area contributed by atoms with Gasteiger partial charge in [-0.15, -0.1) is 5.75 Å². The van der Waals surface area contributed by atoms with Crippen molar-refractivity contribution < 1.29 is 19.4 Å². The summed E-state index contributed by atoms with van der Waals surface area (Å²) in [6.07, 6.45) is 5.07. The maximum Gasteiger partial charge on any atom is 0.135 e. The Balaban J connectivity index is 1.76. The van der Waals surface area contributed by atoms with Crippen molar-refractivity contribution in [2.24, 2.45) is 5.92 Å². The molecule has 1 unspecified atom stereocenters. The molecule has 1 saturated carbocycles. The molecule has 0 amide bonds. The number of hydrogen-bond donors (Lipinski definition) is 1. The van der Waals surface area contributed by atoms with E-state index in [-0.39, 0.29) is 17.3 Å². The lowest BCUT2D eigenvalue weighted by Crippen LogP contribution is -2.72. The number of benzene rings is 1. The van der Waals surface area contributed by atoms with Gasteiger partial charge in [0.1, 0.15) is 11.9 Å². The van der Waals surface area contributed by atoms with Gasteiger partial charge in [-0.3, -0.25) is 0 Å². The summed E-state index contributed by atoms with van der Waals surface area (Å²) in [4.78, 5) is 0. The van der Waals surface area contributed by atoms with Gasteiger partial charge < -0.3 is 19.4 Å². The highest BCUT2D eigenvalue weighted by atomic mass is 16.5. The minimum atomic E-state index is -0.424. The highest BCUT2D eigenvalue weighted by Crippen LogP contribution is 2.63. The molecule has 1 aromatic carbocycles. The third-order valence-corrected chi connectivity index (χ3v) is 7.50. The fourth-order valence-corrected chi connectivity index (χ4v) is 6.50. The van der Waals surface area contributed by atoms with Gasteiger partial charge in [-0.1, -0.05) is 12.6 Å². The van der Waals surface area contributed by atoms with E-state index in [9.17, 15) is 10.2 Å². The largest absolute Gasteiger partial charge is 0.872 e. The first-order valence-corrected chi connectivity index (χ1v) is 9.14. The summed E-state index contributed by atoms with van der Waals surface area (Å²) in [6, 6.07) is 3.91. The number of quaternary nitrogens is 1. The fraction of sp³-hybridized carbons (Fsp3) is 0.600. The van der Waals surface area contributed by atoms with E-state index in [1.54, 1.807) is 6.07 Å². The van der Waals surface area contributed by atoms with Crippen LogP contribution in [0.15, 0.2) is 24.8 Å². The molecule has 2 heterocycles. The van der Waals surface area contributed by atoms with Gasteiger partial charge >= 0.3 is 0 Å². The molecule has 1 saturated heterocycles. The van der Waals surface area contributed by atoms with E-state index < -0.39 is 6.10 Å². The van der Waals surface area contributed by atoms with Crippen LogP contribution in [-0.4, -0.2) is 48.0 Å². The molecule has 4 aliphatic rings. The lowest BCUT2D eigenvalue weighted by molar-refractivity contribution is -0.940. The predicted octanol–water partition coefficient (Wildman–Crippen LogP) is 1.49. The summed E-state index contributed by atoms with van der Waals surface area (Å²) in [5, 5.41) is 23.3. The summed E-state index contributed by atoms with van der Waals surface area (Å²) in [6.45, 7) is 5.96. The van der Waals surface area contributed by atoms with Crippen molar-refractivity contribution >= 4 is 0 Å². The number of likely N-dealkylation sites (N-methyl/N-ethyl adjacent to an activating group) is 1. The summed E-state index contributed by atoms with van der Waals surface area (Å²) in [5.74, 6) is 1.49. The van der Waals surface area contributed by atoms with Crippen LogP contribution in [-0.2, 0) is 11.8 Å². The molecule has 2 fully saturated rings. The number of ether oxygens (including phenoxy) is 1. The molecule has 2 bridgehead atoms. The van der Waals surface area contributed by atoms with Crippen LogP contribution in [0.5, 0.6) is 11.5 Å². The van der Waals surface area contributed by atoms with Crippen LogP contribution in [0.2, 0.25) is 0 Å². The van der Waals surface area contributed by atoms with Crippen LogP contribution in [0.25, 0.3) is 0 Å². The number of likely N-dealkylation sites (tertiary alicyclic amines) is 1. The van der Waals surface area contributed by atoms with Gasteiger partial charge in [-0.2, -0.15) is 0 Å². The Morgan fingerprint density at radius 3 is 3.08 bits per heavy atom. The maximum absolute atomic E-state index is 12.6. The van der Waals surface area contributed by atoms with Crippen LogP contribution in [0.4, 0.5) is 0 Å². The zero-order valence-corrected chi connectivity index (χ0v) is 14.2. The number of hydrogen-bond acceptors (Lipinski definition) is 3. The van der Waals surface area contributed by atoms with E-state index in [1.807, 2.05) is 12.1 Å². The second-order valence-corrected chi connectivity index (χ2v) is 8.44. The molecule has 1 aromatic rings. The van der Waals surface area contributed by atoms with E-state index >= 15 is 0 Å². The van der Waals surface area contributed by atoms with Crippen molar-refractivity contribution in [1.82, 2.24) is 0 Å². The molecule has 1 N–H and O–H groups in total. The molecule has 2 aliphatic heterocycles. The van der Waals surface area contributed by atoms with Crippen LogP contribution in [0.3, 0.4) is 0 Å². The average Bonchev–Trinajstić information content (AvgIpc) is 2.90. The third-order valence-electron chi connectivity index (χ3n) is 7.50. The van der Waals surface area contributed by atoms with E-state index in [1.165, 1.54) is 0 Å². The standard InChI is InChI=1S/C20H25NO3/c1-3-9-21(2)10-8-20-13-4-5-16(23)19(20)24-17-7-6-15(22)12(18(17)20)11-14(13)21/h3,6-7,13-14,16,19,23H,1,4-5,8-11H2,2H3/t13-,14-,16-,19?,20+,21+/m0/s1. The van der Waals surface area contributed by atoms with Gasteiger partial charge in [0, 0.05) is 24.3 Å². The SMILES string of the molecule is C=CC[N@+]1(C)CC[C@]23c4c5ccc([O-])c4C[C@H]1[C@@H]2CC[C@H](O)C3O5. The predicted molar refractivity (Wildman–Crippen MR) is 88.9 cm³/mol. The number of aliphatic hydroxyl groups excluding tert-OH is 1.